The molecule has 0 radical (unpaired) electrons. The topological polar surface area (TPSA) is 68.0 Å². The van der Waals surface area contributed by atoms with Crippen LogP contribution in [-0.2, 0) is 6.42 Å². The average Bonchev–Trinajstić information content (AvgIpc) is 2.89. The number of nitrogens with one attached hydrogen (secondary N) is 1. The number of rotatable bonds is 3. The van der Waals surface area contributed by atoms with Crippen molar-refractivity contribution in [3.63, 3.8) is 0 Å². The molecule has 0 saturated carbocycles. The minimum Gasteiger partial charge on any atom is -0.343 e. The van der Waals surface area contributed by atoms with E-state index in [1.807, 2.05) is 6.08 Å². The normalized spacial score (nSPS) is 15.7. The highest BCUT2D eigenvalue weighted by atomic mass is 19.4. The van der Waals surface area contributed by atoms with E-state index in [0.717, 1.165) is 31.5 Å². The van der Waals surface area contributed by atoms with Crippen LogP contribution in [0.5, 0.6) is 0 Å². The van der Waals surface area contributed by atoms with E-state index in [1.165, 1.54) is 10.7 Å². The van der Waals surface area contributed by atoms with Crippen LogP contribution in [-0.4, -0.2) is 36.8 Å². The second-order valence-corrected chi connectivity index (χ2v) is 6.55. The lowest BCUT2D eigenvalue weighted by molar-refractivity contribution is -0.138. The molecule has 1 N–H and O–H groups in total. The minimum atomic E-state index is -4.39. The fourth-order valence-electron chi connectivity index (χ4n) is 3.04. The number of nitrogens with zero attached hydrogens (tertiary/aromatic N) is 5. The largest absolute Gasteiger partial charge is 0.408 e. The highest BCUT2D eigenvalue weighted by Gasteiger charge is 2.36. The van der Waals surface area contributed by atoms with E-state index >= 15 is 0 Å². The number of hydrogen-bond donors (Lipinski definition) is 1. The van der Waals surface area contributed by atoms with Crippen LogP contribution in [0.4, 0.5) is 23.5 Å². The molecule has 3 heterocycles. The smallest absolute Gasteiger partial charge is 0.343 e. The summed E-state index contributed by atoms with van der Waals surface area (Å²) in [6, 6.07) is -0.0570. The third-order valence-corrected chi connectivity index (χ3v) is 4.56. The van der Waals surface area contributed by atoms with Crippen molar-refractivity contribution in [1.82, 2.24) is 24.6 Å². The van der Waals surface area contributed by atoms with Gasteiger partial charge in [0, 0.05) is 23.5 Å². The van der Waals surface area contributed by atoms with Crippen LogP contribution in [0.2, 0.25) is 0 Å². The second-order valence-electron chi connectivity index (χ2n) is 6.55. The predicted molar refractivity (Wildman–Crippen MR) is 94.1 cm³/mol. The Kier molecular flexibility index (Phi) is 4.48. The summed E-state index contributed by atoms with van der Waals surface area (Å²) in [4.78, 5) is 12.7. The Morgan fingerprint density at radius 1 is 1.21 bits per heavy atom. The van der Waals surface area contributed by atoms with Gasteiger partial charge in [0.25, 0.3) is 0 Å². The van der Waals surface area contributed by atoms with Gasteiger partial charge in [0.1, 0.15) is 6.04 Å². The number of alkyl halides is 3. The van der Waals surface area contributed by atoms with Crippen molar-refractivity contribution in [3.05, 3.63) is 53.5 Å². The molecular formula is C18H16F4N6. The van der Waals surface area contributed by atoms with Crippen LogP contribution in [0.3, 0.4) is 0 Å². The molecule has 1 atom stereocenters. The maximum Gasteiger partial charge on any atom is 0.408 e. The first-order valence-corrected chi connectivity index (χ1v) is 8.73. The van der Waals surface area contributed by atoms with Crippen molar-refractivity contribution < 1.29 is 17.6 Å². The zero-order chi connectivity index (χ0) is 19.9. The molecule has 0 bridgehead atoms. The van der Waals surface area contributed by atoms with Crippen LogP contribution >= 0.6 is 0 Å². The van der Waals surface area contributed by atoms with Crippen molar-refractivity contribution in [1.29, 1.82) is 0 Å². The van der Waals surface area contributed by atoms with Crippen LogP contribution in [0, 0.1) is 5.82 Å². The van der Waals surface area contributed by atoms with E-state index in [-0.39, 0.29) is 11.6 Å². The number of aromatic nitrogens is 5. The quantitative estimate of drug-likeness (QED) is 0.687. The molecule has 0 spiro atoms. The van der Waals surface area contributed by atoms with Crippen LogP contribution in [0.25, 0.3) is 11.2 Å². The van der Waals surface area contributed by atoms with Crippen molar-refractivity contribution in [2.45, 2.75) is 38.4 Å². The first-order valence-electron chi connectivity index (χ1n) is 8.73. The predicted octanol–water partition coefficient (Wildman–Crippen LogP) is 3.79. The van der Waals surface area contributed by atoms with Crippen LogP contribution < -0.4 is 5.32 Å². The zero-order valence-corrected chi connectivity index (χ0v) is 14.8. The second kappa shape index (κ2) is 6.84. The molecule has 28 heavy (non-hydrogen) atoms. The van der Waals surface area contributed by atoms with Gasteiger partial charge in [0.15, 0.2) is 11.5 Å². The third kappa shape index (κ3) is 3.41. The molecule has 4 rings (SSSR count). The summed E-state index contributed by atoms with van der Waals surface area (Å²) in [5, 5.41) is 6.15. The number of hydrogen-bond acceptors (Lipinski definition) is 5. The van der Waals surface area contributed by atoms with Gasteiger partial charge in [-0.05, 0) is 32.3 Å². The van der Waals surface area contributed by atoms with E-state index < -0.39 is 18.0 Å². The maximum atomic E-state index is 13.9. The molecule has 3 aromatic rings. The zero-order valence-electron chi connectivity index (χ0n) is 14.8. The maximum absolute atomic E-state index is 13.9. The first kappa shape index (κ1) is 18.3. The average molecular weight is 392 g/mol. The summed E-state index contributed by atoms with van der Waals surface area (Å²) >= 11 is 0. The van der Waals surface area contributed by atoms with Gasteiger partial charge in [-0.25, -0.2) is 23.9 Å². The molecule has 0 unspecified atom stereocenters. The summed E-state index contributed by atoms with van der Waals surface area (Å²) in [7, 11) is 0. The van der Waals surface area contributed by atoms with Gasteiger partial charge in [-0.15, -0.1) is 0 Å². The van der Waals surface area contributed by atoms with Crippen LogP contribution in [0.1, 0.15) is 36.7 Å². The standard InChI is InChI=1S/C18H16F4N6/c1-10(18(20,21)22)25-17-23-8-12-11(4-2-3-5-14(12)27-17)15-6-7-28-16(26-15)13(19)9-24-28/h4,6-10H,2-3,5H2,1H3,(H,23,25,27)/t10-/m1/s1. The molecule has 1 aliphatic carbocycles. The van der Waals surface area contributed by atoms with Crippen molar-refractivity contribution in [3.8, 4) is 0 Å². The Balaban J connectivity index is 1.71. The molecule has 0 fully saturated rings. The lowest BCUT2D eigenvalue weighted by atomic mass is 10.0. The molecule has 0 saturated heterocycles. The van der Waals surface area contributed by atoms with E-state index in [9.17, 15) is 17.6 Å². The molecule has 3 aromatic heterocycles. The molecule has 1 aliphatic rings. The Bertz CT molecular complexity index is 1060. The minimum absolute atomic E-state index is 0.0740. The summed E-state index contributed by atoms with van der Waals surface area (Å²) in [5.74, 6) is -0.608. The summed E-state index contributed by atoms with van der Waals surface area (Å²) < 4.78 is 53.5. The molecule has 6 nitrogen and oxygen atoms in total. The van der Waals surface area contributed by atoms with E-state index in [4.69, 9.17) is 0 Å². The Morgan fingerprint density at radius 3 is 2.82 bits per heavy atom. The number of allylic oxidation sites excluding steroid dienone is 1. The van der Waals surface area contributed by atoms with Gasteiger partial charge in [0.05, 0.1) is 17.6 Å². The highest BCUT2D eigenvalue weighted by molar-refractivity contribution is 5.80. The molecule has 0 amide bonds. The molecule has 0 aromatic carbocycles. The number of anilines is 1. The summed E-state index contributed by atoms with van der Waals surface area (Å²) in [6.45, 7) is 1.01. The monoisotopic (exact) mass is 392 g/mol. The number of halogens is 4. The fraction of sp³-hybridized carbons (Fsp3) is 0.333. The van der Waals surface area contributed by atoms with Crippen LogP contribution in [0.15, 0.2) is 30.7 Å². The van der Waals surface area contributed by atoms with Gasteiger partial charge < -0.3 is 5.32 Å². The highest BCUT2D eigenvalue weighted by Crippen LogP contribution is 2.30. The lowest BCUT2D eigenvalue weighted by Gasteiger charge is -2.18. The first-order chi connectivity index (χ1) is 13.3. The van der Waals surface area contributed by atoms with Crippen molar-refractivity contribution >= 4 is 17.2 Å². The van der Waals surface area contributed by atoms with Gasteiger partial charge in [-0.3, -0.25) is 0 Å². The van der Waals surface area contributed by atoms with Gasteiger partial charge in [0.2, 0.25) is 5.95 Å². The molecular weight excluding hydrogens is 376 g/mol. The Labute approximate surface area is 157 Å². The number of fused-ring (bicyclic) bond motifs is 2. The summed E-state index contributed by atoms with van der Waals surface area (Å²) in [6.07, 6.45) is 3.87. The molecule has 10 heteroatoms. The van der Waals surface area contributed by atoms with Crippen molar-refractivity contribution in [2.24, 2.45) is 0 Å². The SMILES string of the molecule is C[C@@H](Nc1ncc2c(n1)CCCC=C2c1ccn2ncc(F)c2n1)C(F)(F)F. The Hall–Kier alpha value is -3.04. The van der Waals surface area contributed by atoms with E-state index in [1.54, 1.807) is 12.3 Å². The van der Waals surface area contributed by atoms with E-state index in [0.29, 0.717) is 23.4 Å². The van der Waals surface area contributed by atoms with Crippen molar-refractivity contribution in [2.75, 3.05) is 5.32 Å². The molecule has 146 valence electrons. The summed E-state index contributed by atoms with van der Waals surface area (Å²) in [5.41, 5.74) is 2.67. The van der Waals surface area contributed by atoms with E-state index in [2.05, 4.69) is 25.4 Å². The fourth-order valence-corrected chi connectivity index (χ4v) is 3.04. The third-order valence-electron chi connectivity index (χ3n) is 4.56. The van der Waals surface area contributed by atoms with Gasteiger partial charge in [-0.2, -0.15) is 18.3 Å². The molecule has 0 aliphatic heterocycles. The van der Waals surface area contributed by atoms with Gasteiger partial charge in [-0.1, -0.05) is 6.08 Å². The lowest BCUT2D eigenvalue weighted by Crippen LogP contribution is -2.33. The number of aryl methyl sites for hydroxylation is 1. The van der Waals surface area contributed by atoms with Gasteiger partial charge >= 0.3 is 6.18 Å². The Morgan fingerprint density at radius 2 is 2.04 bits per heavy atom.